The van der Waals surface area contributed by atoms with E-state index in [9.17, 15) is 0 Å². The van der Waals surface area contributed by atoms with Gasteiger partial charge in [-0.05, 0) is 37.1 Å². The monoisotopic (exact) mass is 279 g/mol. The Morgan fingerprint density at radius 3 is 2.70 bits per heavy atom. The van der Waals surface area contributed by atoms with Gasteiger partial charge >= 0.3 is 0 Å². The Balaban J connectivity index is 1.44. The number of hydrogen-bond donors (Lipinski definition) is 2. The highest BCUT2D eigenvalue weighted by atomic mass is 16.5. The molecule has 1 heterocycles. The molecule has 1 aromatic rings. The molecular weight excluding hydrogens is 254 g/mol. The molecule has 20 heavy (non-hydrogen) atoms. The van der Waals surface area contributed by atoms with Crippen LogP contribution in [0.5, 0.6) is 11.5 Å². The normalized spacial score (nSPS) is 18.9. The van der Waals surface area contributed by atoms with Gasteiger partial charge in [0.1, 0.15) is 11.5 Å². The first-order chi connectivity index (χ1) is 9.84. The molecule has 0 aromatic heterocycles. The molecule has 0 saturated carbocycles. The van der Waals surface area contributed by atoms with E-state index in [0.29, 0.717) is 6.04 Å². The second-order valence-electron chi connectivity index (χ2n) is 5.27. The molecule has 1 aliphatic rings. The predicted octanol–water partition coefficient (Wildman–Crippen LogP) is 2.71. The number of phenols is 1. The van der Waals surface area contributed by atoms with E-state index in [1.807, 2.05) is 0 Å². The molecule has 2 rings (SSSR count). The van der Waals surface area contributed by atoms with Gasteiger partial charge in [-0.2, -0.15) is 0 Å². The summed E-state index contributed by atoms with van der Waals surface area (Å²) in [6.45, 7) is 3.45. The fourth-order valence-corrected chi connectivity index (χ4v) is 2.38. The van der Waals surface area contributed by atoms with Crippen LogP contribution in [0.15, 0.2) is 24.3 Å². The molecule has 0 spiro atoms. The van der Waals surface area contributed by atoms with Gasteiger partial charge in [0.05, 0.1) is 19.8 Å². The summed E-state index contributed by atoms with van der Waals surface area (Å²) in [5.41, 5.74) is 0. The summed E-state index contributed by atoms with van der Waals surface area (Å²) < 4.78 is 11.0. The topological polar surface area (TPSA) is 50.7 Å². The minimum absolute atomic E-state index is 0.276. The number of rotatable bonds is 8. The van der Waals surface area contributed by atoms with Gasteiger partial charge in [-0.1, -0.05) is 19.3 Å². The molecule has 1 atom stereocenters. The summed E-state index contributed by atoms with van der Waals surface area (Å²) in [5.74, 6) is 1.10. The number of phenolic OH excluding ortho intramolecular Hbond substituents is 1. The van der Waals surface area contributed by atoms with Crippen LogP contribution < -0.4 is 10.1 Å². The summed E-state index contributed by atoms with van der Waals surface area (Å²) in [6.07, 6.45) is 5.98. The van der Waals surface area contributed by atoms with Crippen LogP contribution in [0.2, 0.25) is 0 Å². The van der Waals surface area contributed by atoms with Crippen molar-refractivity contribution in [3.05, 3.63) is 24.3 Å². The summed E-state index contributed by atoms with van der Waals surface area (Å²) in [4.78, 5) is 0. The van der Waals surface area contributed by atoms with Crippen LogP contribution in [0, 0.1) is 0 Å². The van der Waals surface area contributed by atoms with Crippen LogP contribution in [-0.2, 0) is 4.74 Å². The van der Waals surface area contributed by atoms with Crippen LogP contribution in [0.25, 0.3) is 0 Å². The summed E-state index contributed by atoms with van der Waals surface area (Å²) >= 11 is 0. The van der Waals surface area contributed by atoms with Crippen molar-refractivity contribution in [2.24, 2.45) is 0 Å². The molecule has 0 amide bonds. The smallest absolute Gasteiger partial charge is 0.119 e. The van der Waals surface area contributed by atoms with Crippen LogP contribution in [0.4, 0.5) is 0 Å². The van der Waals surface area contributed by atoms with Gasteiger partial charge in [0, 0.05) is 12.6 Å². The minimum Gasteiger partial charge on any atom is -0.508 e. The molecule has 0 aliphatic carbocycles. The van der Waals surface area contributed by atoms with Crippen molar-refractivity contribution in [2.75, 3.05) is 26.4 Å². The van der Waals surface area contributed by atoms with Crippen molar-refractivity contribution in [2.45, 2.75) is 38.1 Å². The summed E-state index contributed by atoms with van der Waals surface area (Å²) in [5, 5.41) is 12.6. The predicted molar refractivity (Wildman–Crippen MR) is 79.3 cm³/mol. The summed E-state index contributed by atoms with van der Waals surface area (Å²) in [6, 6.07) is 7.44. The van der Waals surface area contributed by atoms with E-state index < -0.39 is 0 Å². The first-order valence-electron chi connectivity index (χ1n) is 7.57. The van der Waals surface area contributed by atoms with Crippen molar-refractivity contribution in [1.82, 2.24) is 5.32 Å². The van der Waals surface area contributed by atoms with E-state index in [-0.39, 0.29) is 5.75 Å². The Hall–Kier alpha value is -1.26. The molecule has 0 bridgehead atoms. The first-order valence-corrected chi connectivity index (χ1v) is 7.57. The van der Waals surface area contributed by atoms with Gasteiger partial charge in [-0.3, -0.25) is 0 Å². The number of benzene rings is 1. The number of aromatic hydroxyl groups is 1. The Bertz CT molecular complexity index is 360. The fourth-order valence-electron chi connectivity index (χ4n) is 2.38. The average Bonchev–Trinajstić information content (AvgIpc) is 2.49. The lowest BCUT2D eigenvalue weighted by molar-refractivity contribution is 0.0733. The standard InChI is InChI=1S/C16H25NO3/c18-15-6-8-16(9-7-15)20-11-4-2-1-3-5-14-13-19-12-10-17-14/h6-9,14,17-18H,1-5,10-13H2. The highest BCUT2D eigenvalue weighted by molar-refractivity contribution is 5.29. The Morgan fingerprint density at radius 1 is 1.15 bits per heavy atom. The molecule has 1 fully saturated rings. The Morgan fingerprint density at radius 2 is 1.95 bits per heavy atom. The maximum atomic E-state index is 9.16. The second-order valence-corrected chi connectivity index (χ2v) is 5.27. The van der Waals surface area contributed by atoms with Crippen molar-refractivity contribution >= 4 is 0 Å². The second kappa shape index (κ2) is 8.82. The van der Waals surface area contributed by atoms with E-state index in [1.54, 1.807) is 24.3 Å². The van der Waals surface area contributed by atoms with Crippen molar-refractivity contribution < 1.29 is 14.6 Å². The van der Waals surface area contributed by atoms with Gasteiger partial charge in [-0.15, -0.1) is 0 Å². The highest BCUT2D eigenvalue weighted by Gasteiger charge is 2.11. The zero-order valence-electron chi connectivity index (χ0n) is 12.0. The lowest BCUT2D eigenvalue weighted by Gasteiger charge is -2.23. The zero-order valence-corrected chi connectivity index (χ0v) is 12.0. The first kappa shape index (κ1) is 15.1. The van der Waals surface area contributed by atoms with E-state index in [1.165, 1.54) is 25.7 Å². The zero-order chi connectivity index (χ0) is 14.0. The van der Waals surface area contributed by atoms with E-state index in [0.717, 1.165) is 38.5 Å². The van der Waals surface area contributed by atoms with Gasteiger partial charge < -0.3 is 19.9 Å². The molecule has 4 nitrogen and oxygen atoms in total. The Labute approximate surface area is 121 Å². The quantitative estimate of drug-likeness (QED) is 0.718. The van der Waals surface area contributed by atoms with E-state index >= 15 is 0 Å². The van der Waals surface area contributed by atoms with E-state index in [2.05, 4.69) is 5.32 Å². The largest absolute Gasteiger partial charge is 0.508 e. The highest BCUT2D eigenvalue weighted by Crippen LogP contribution is 2.16. The SMILES string of the molecule is Oc1ccc(OCCCCCCC2COCCN2)cc1. The number of morpholine rings is 1. The summed E-state index contributed by atoms with van der Waals surface area (Å²) in [7, 11) is 0. The molecule has 2 N–H and O–H groups in total. The molecular formula is C16H25NO3. The van der Waals surface area contributed by atoms with Gasteiger partial charge in [0.2, 0.25) is 0 Å². The third-order valence-corrected chi connectivity index (χ3v) is 3.55. The van der Waals surface area contributed by atoms with Crippen molar-refractivity contribution in [1.29, 1.82) is 0 Å². The van der Waals surface area contributed by atoms with Gasteiger partial charge in [0.25, 0.3) is 0 Å². The van der Waals surface area contributed by atoms with E-state index in [4.69, 9.17) is 14.6 Å². The van der Waals surface area contributed by atoms with Crippen LogP contribution in [0.3, 0.4) is 0 Å². The van der Waals surface area contributed by atoms with Crippen LogP contribution >= 0.6 is 0 Å². The third kappa shape index (κ3) is 5.80. The molecule has 1 saturated heterocycles. The van der Waals surface area contributed by atoms with Gasteiger partial charge in [0.15, 0.2) is 0 Å². The number of ether oxygens (including phenoxy) is 2. The lowest BCUT2D eigenvalue weighted by Crippen LogP contribution is -2.41. The molecule has 1 unspecified atom stereocenters. The fraction of sp³-hybridized carbons (Fsp3) is 0.625. The van der Waals surface area contributed by atoms with Crippen molar-refractivity contribution in [3.63, 3.8) is 0 Å². The molecule has 0 radical (unpaired) electrons. The molecule has 1 aliphatic heterocycles. The maximum Gasteiger partial charge on any atom is 0.119 e. The maximum absolute atomic E-state index is 9.16. The third-order valence-electron chi connectivity index (χ3n) is 3.55. The molecule has 1 aromatic carbocycles. The Kier molecular flexibility index (Phi) is 6.68. The lowest BCUT2D eigenvalue weighted by atomic mass is 10.1. The number of nitrogens with one attached hydrogen (secondary N) is 1. The molecule has 4 heteroatoms. The molecule has 112 valence electrons. The van der Waals surface area contributed by atoms with Crippen LogP contribution in [-0.4, -0.2) is 37.5 Å². The average molecular weight is 279 g/mol. The number of hydrogen-bond acceptors (Lipinski definition) is 4. The number of unbranched alkanes of at least 4 members (excludes halogenated alkanes) is 3. The van der Waals surface area contributed by atoms with Gasteiger partial charge in [-0.25, -0.2) is 0 Å². The minimum atomic E-state index is 0.276. The van der Waals surface area contributed by atoms with Crippen molar-refractivity contribution in [3.8, 4) is 11.5 Å². The van der Waals surface area contributed by atoms with Crippen LogP contribution in [0.1, 0.15) is 32.1 Å².